The Morgan fingerprint density at radius 2 is 1.86 bits per heavy atom. The van der Waals surface area contributed by atoms with Crippen molar-refractivity contribution < 1.29 is 9.47 Å². The lowest BCUT2D eigenvalue weighted by Crippen LogP contribution is -2.31. The molecule has 0 unspecified atom stereocenters. The van der Waals surface area contributed by atoms with Gasteiger partial charge in [-0.25, -0.2) is 9.66 Å². The van der Waals surface area contributed by atoms with Crippen molar-refractivity contribution in [1.29, 1.82) is 0 Å². The molecule has 0 atom stereocenters. The van der Waals surface area contributed by atoms with Crippen LogP contribution in [0.15, 0.2) is 63.2 Å². The van der Waals surface area contributed by atoms with Crippen molar-refractivity contribution in [1.82, 2.24) is 9.66 Å². The normalized spacial score (nSPS) is 10.9. The molecular formula is C21H18BrN3O3S. The predicted molar refractivity (Wildman–Crippen MR) is 120 cm³/mol. The summed E-state index contributed by atoms with van der Waals surface area (Å²) >= 11 is 5.08. The number of thiophene rings is 1. The molecular weight excluding hydrogens is 454 g/mol. The molecule has 0 aliphatic rings. The van der Waals surface area contributed by atoms with Gasteiger partial charge in [0.15, 0.2) is 17.3 Å². The first kappa shape index (κ1) is 19.5. The number of benzene rings is 2. The van der Waals surface area contributed by atoms with E-state index in [1.54, 1.807) is 37.7 Å². The van der Waals surface area contributed by atoms with Crippen molar-refractivity contribution in [2.75, 3.05) is 19.6 Å². The van der Waals surface area contributed by atoms with Crippen LogP contribution < -0.4 is 20.5 Å². The molecule has 0 fully saturated rings. The lowest BCUT2D eigenvalue weighted by Gasteiger charge is -2.16. The molecule has 8 heteroatoms. The zero-order chi connectivity index (χ0) is 20.4. The monoisotopic (exact) mass is 471 g/mol. The molecule has 1 N–H and O–H groups in total. The number of nitrogens with zero attached hydrogens (tertiary/aromatic N) is 2. The van der Waals surface area contributed by atoms with Crippen molar-refractivity contribution in [2.45, 2.75) is 6.54 Å². The van der Waals surface area contributed by atoms with Gasteiger partial charge in [0.05, 0.1) is 35.5 Å². The number of halogens is 1. The minimum Gasteiger partial charge on any atom is -0.493 e. The van der Waals surface area contributed by atoms with Gasteiger partial charge in [-0.2, -0.15) is 0 Å². The first-order valence-electron chi connectivity index (χ1n) is 8.83. The highest BCUT2D eigenvalue weighted by atomic mass is 79.9. The van der Waals surface area contributed by atoms with Crippen LogP contribution in [0.3, 0.4) is 0 Å². The molecule has 0 saturated carbocycles. The van der Waals surface area contributed by atoms with Crippen molar-refractivity contribution in [3.05, 3.63) is 73.6 Å². The topological polar surface area (TPSA) is 65.4 Å². The summed E-state index contributed by atoms with van der Waals surface area (Å²) in [5, 5.41) is 0.552. The van der Waals surface area contributed by atoms with Gasteiger partial charge in [0, 0.05) is 10.4 Å². The highest BCUT2D eigenvalue weighted by Crippen LogP contribution is 2.31. The van der Waals surface area contributed by atoms with E-state index in [0.717, 1.165) is 14.2 Å². The molecule has 4 aromatic rings. The van der Waals surface area contributed by atoms with Crippen LogP contribution in [0.4, 0.5) is 0 Å². The fourth-order valence-corrected chi connectivity index (χ4v) is 4.47. The Bertz CT molecular complexity index is 1240. The first-order valence-corrected chi connectivity index (χ1v) is 10.4. The van der Waals surface area contributed by atoms with E-state index >= 15 is 0 Å². The molecule has 0 radical (unpaired) electrons. The second-order valence-electron chi connectivity index (χ2n) is 6.20. The maximum absolute atomic E-state index is 13.2. The second kappa shape index (κ2) is 8.26. The van der Waals surface area contributed by atoms with Gasteiger partial charge in [0.2, 0.25) is 0 Å². The number of rotatable bonds is 6. The number of hydrogen-bond acceptors (Lipinski definition) is 6. The minimum atomic E-state index is -0.156. The number of methoxy groups -OCH3 is 2. The Kier molecular flexibility index (Phi) is 5.55. The van der Waals surface area contributed by atoms with Crippen LogP contribution in [-0.2, 0) is 6.54 Å². The Morgan fingerprint density at radius 1 is 1.07 bits per heavy atom. The van der Waals surface area contributed by atoms with E-state index in [1.165, 1.54) is 4.68 Å². The number of ether oxygens (including phenoxy) is 2. The molecule has 148 valence electrons. The average Bonchev–Trinajstić information content (AvgIpc) is 3.17. The molecule has 0 amide bonds. The third-order valence-corrected chi connectivity index (χ3v) is 6.08. The summed E-state index contributed by atoms with van der Waals surface area (Å²) in [7, 11) is 3.16. The maximum atomic E-state index is 13.2. The largest absolute Gasteiger partial charge is 0.493 e. The van der Waals surface area contributed by atoms with E-state index in [-0.39, 0.29) is 5.56 Å². The van der Waals surface area contributed by atoms with Gasteiger partial charge >= 0.3 is 0 Å². The third kappa shape index (κ3) is 3.86. The van der Waals surface area contributed by atoms with Crippen LogP contribution in [0.1, 0.15) is 4.88 Å². The summed E-state index contributed by atoms with van der Waals surface area (Å²) in [4.78, 5) is 19.1. The Morgan fingerprint density at radius 3 is 2.59 bits per heavy atom. The van der Waals surface area contributed by atoms with E-state index in [2.05, 4.69) is 21.4 Å². The molecule has 0 bridgehead atoms. The van der Waals surface area contributed by atoms with Crippen LogP contribution in [0.2, 0.25) is 0 Å². The maximum Gasteiger partial charge on any atom is 0.280 e. The molecule has 0 aliphatic carbocycles. The van der Waals surface area contributed by atoms with Crippen molar-refractivity contribution in [2.24, 2.45) is 0 Å². The quantitative estimate of drug-likeness (QED) is 0.443. The molecule has 4 rings (SSSR count). The van der Waals surface area contributed by atoms with E-state index < -0.39 is 0 Å². The van der Waals surface area contributed by atoms with Crippen LogP contribution in [0.25, 0.3) is 22.3 Å². The highest BCUT2D eigenvalue weighted by Gasteiger charge is 2.15. The average molecular weight is 472 g/mol. The van der Waals surface area contributed by atoms with Crippen LogP contribution in [-0.4, -0.2) is 23.9 Å². The number of hydrogen-bond donors (Lipinski definition) is 1. The summed E-state index contributed by atoms with van der Waals surface area (Å²) in [5.41, 5.74) is 4.45. The molecule has 0 saturated heterocycles. The van der Waals surface area contributed by atoms with E-state index in [1.807, 2.05) is 42.5 Å². The smallest absolute Gasteiger partial charge is 0.280 e. The fraction of sp³-hybridized carbons (Fsp3) is 0.143. The molecule has 2 heterocycles. The molecule has 6 nitrogen and oxygen atoms in total. The van der Waals surface area contributed by atoms with E-state index in [4.69, 9.17) is 14.5 Å². The highest BCUT2D eigenvalue weighted by molar-refractivity contribution is 9.11. The zero-order valence-corrected chi connectivity index (χ0v) is 18.2. The van der Waals surface area contributed by atoms with Crippen molar-refractivity contribution in [3.63, 3.8) is 0 Å². The van der Waals surface area contributed by atoms with Crippen LogP contribution >= 0.6 is 27.3 Å². The molecule has 0 aliphatic heterocycles. The van der Waals surface area contributed by atoms with E-state index in [9.17, 15) is 4.79 Å². The fourth-order valence-electron chi connectivity index (χ4n) is 3.05. The lowest BCUT2D eigenvalue weighted by atomic mass is 10.1. The van der Waals surface area contributed by atoms with E-state index in [0.29, 0.717) is 34.8 Å². The summed E-state index contributed by atoms with van der Waals surface area (Å²) in [6, 6.07) is 16.8. The SMILES string of the molecule is COc1ccc(-c2nc3ccccc3c(=O)n2NCc2ccc(Br)s2)cc1OC. The Balaban J connectivity index is 1.86. The van der Waals surface area contributed by atoms with Gasteiger partial charge in [-0.3, -0.25) is 4.79 Å². The second-order valence-corrected chi connectivity index (χ2v) is 8.75. The Hall–Kier alpha value is -2.84. The molecule has 2 aromatic carbocycles. The first-order chi connectivity index (χ1) is 14.1. The molecule has 0 spiro atoms. The van der Waals surface area contributed by atoms with Crippen LogP contribution in [0, 0.1) is 0 Å². The molecule has 2 aromatic heterocycles. The minimum absolute atomic E-state index is 0.156. The molecule has 29 heavy (non-hydrogen) atoms. The number of para-hydroxylation sites is 1. The summed E-state index contributed by atoms with van der Waals surface area (Å²) in [6.07, 6.45) is 0. The number of aromatic nitrogens is 2. The van der Waals surface area contributed by atoms with Gasteiger partial charge in [-0.05, 0) is 58.4 Å². The van der Waals surface area contributed by atoms with Gasteiger partial charge in [0.25, 0.3) is 5.56 Å². The zero-order valence-electron chi connectivity index (χ0n) is 15.8. The number of fused-ring (bicyclic) bond motifs is 1. The standard InChI is InChI=1S/C21H18BrN3O3S/c1-27-17-9-7-13(11-18(17)28-2)20-24-16-6-4-3-5-15(16)21(26)25(20)23-12-14-8-10-19(22)29-14/h3-11,23H,12H2,1-2H3. The summed E-state index contributed by atoms with van der Waals surface area (Å²) in [6.45, 7) is 0.497. The summed E-state index contributed by atoms with van der Waals surface area (Å²) in [5.74, 6) is 1.69. The van der Waals surface area contributed by atoms with Gasteiger partial charge in [-0.1, -0.05) is 12.1 Å². The van der Waals surface area contributed by atoms with Crippen LogP contribution in [0.5, 0.6) is 11.5 Å². The van der Waals surface area contributed by atoms with Crippen molar-refractivity contribution >= 4 is 38.2 Å². The predicted octanol–water partition coefficient (Wildman–Crippen LogP) is 4.65. The van der Waals surface area contributed by atoms with Crippen molar-refractivity contribution in [3.8, 4) is 22.9 Å². The third-order valence-electron chi connectivity index (χ3n) is 4.46. The lowest BCUT2D eigenvalue weighted by molar-refractivity contribution is 0.355. The number of nitrogens with one attached hydrogen (secondary N) is 1. The summed E-state index contributed by atoms with van der Waals surface area (Å²) < 4.78 is 13.3. The van der Waals surface area contributed by atoms with Gasteiger partial charge in [0.1, 0.15) is 0 Å². The Labute approximate surface area is 179 Å². The van der Waals surface area contributed by atoms with Gasteiger partial charge in [-0.15, -0.1) is 11.3 Å². The van der Waals surface area contributed by atoms with Gasteiger partial charge < -0.3 is 14.9 Å².